The Morgan fingerprint density at radius 1 is 1.45 bits per heavy atom. The molecule has 0 aromatic heterocycles. The second-order valence-electron chi connectivity index (χ2n) is 7.59. The molecule has 1 spiro atoms. The molecular formula is C19H23NO2. The number of aliphatic hydroxyl groups excluding tert-OH is 1. The van der Waals surface area contributed by atoms with Gasteiger partial charge in [0.25, 0.3) is 0 Å². The van der Waals surface area contributed by atoms with Gasteiger partial charge in [0.05, 0.1) is 6.61 Å². The van der Waals surface area contributed by atoms with Crippen LogP contribution >= 0.6 is 0 Å². The molecule has 5 rings (SSSR count). The number of hydrogen-bond donors (Lipinski definition) is 1. The van der Waals surface area contributed by atoms with E-state index in [4.69, 9.17) is 4.74 Å². The summed E-state index contributed by atoms with van der Waals surface area (Å²) in [6, 6.07) is 4.92. The third kappa shape index (κ3) is 1.31. The topological polar surface area (TPSA) is 32.7 Å². The Bertz CT molecular complexity index is 682. The Morgan fingerprint density at radius 3 is 3.14 bits per heavy atom. The summed E-state index contributed by atoms with van der Waals surface area (Å²) in [7, 11) is 2.28. The molecule has 22 heavy (non-hydrogen) atoms. The minimum Gasteiger partial charge on any atom is -0.484 e. The summed E-state index contributed by atoms with van der Waals surface area (Å²) in [4.78, 5) is 2.56. The van der Waals surface area contributed by atoms with Crippen molar-refractivity contribution >= 4 is 0 Å². The van der Waals surface area contributed by atoms with E-state index >= 15 is 0 Å². The quantitative estimate of drug-likeness (QED) is 0.808. The number of ether oxygens (including phenoxy) is 1. The molecule has 1 aromatic carbocycles. The summed E-state index contributed by atoms with van der Waals surface area (Å²) < 4.78 is 6.47. The summed E-state index contributed by atoms with van der Waals surface area (Å²) in [6.07, 6.45) is 4.72. The van der Waals surface area contributed by atoms with E-state index in [-0.39, 0.29) is 18.1 Å². The number of aliphatic hydroxyl groups is 1. The molecule has 4 aliphatic rings. The summed E-state index contributed by atoms with van der Waals surface area (Å²) in [6.45, 7) is 5.54. The number of rotatable bonds is 1. The highest BCUT2D eigenvalue weighted by Gasteiger charge is 2.63. The number of piperidine rings is 1. The average Bonchev–Trinajstić information content (AvgIpc) is 2.88. The Hall–Kier alpha value is -1.32. The van der Waals surface area contributed by atoms with E-state index in [1.165, 1.54) is 23.1 Å². The second kappa shape index (κ2) is 4.15. The van der Waals surface area contributed by atoms with Crippen molar-refractivity contribution in [2.45, 2.75) is 49.9 Å². The van der Waals surface area contributed by atoms with E-state index in [1.807, 2.05) is 0 Å². The van der Waals surface area contributed by atoms with Gasteiger partial charge in [-0.1, -0.05) is 18.7 Å². The average molecular weight is 297 g/mol. The predicted octanol–water partition coefficient (Wildman–Crippen LogP) is 2.40. The van der Waals surface area contributed by atoms with Crippen LogP contribution in [0.15, 0.2) is 24.3 Å². The molecule has 1 N–H and O–H groups in total. The molecular weight excluding hydrogens is 274 g/mol. The molecule has 2 unspecified atom stereocenters. The highest BCUT2D eigenvalue weighted by molar-refractivity contribution is 5.59. The van der Waals surface area contributed by atoms with Crippen LogP contribution in [0.1, 0.15) is 36.0 Å². The molecule has 2 heterocycles. The first-order chi connectivity index (χ1) is 10.7. The van der Waals surface area contributed by atoms with E-state index in [9.17, 15) is 5.11 Å². The van der Waals surface area contributed by atoms with Gasteiger partial charge in [0, 0.05) is 22.6 Å². The molecule has 2 aliphatic carbocycles. The minimum absolute atomic E-state index is 0.0614. The number of hydrogen-bond acceptors (Lipinski definition) is 3. The third-order valence-corrected chi connectivity index (χ3v) is 6.81. The number of likely N-dealkylation sites (tertiary alicyclic amines) is 1. The monoisotopic (exact) mass is 297 g/mol. The van der Waals surface area contributed by atoms with Crippen LogP contribution in [-0.4, -0.2) is 35.7 Å². The molecule has 1 aromatic rings. The maximum atomic E-state index is 9.73. The van der Waals surface area contributed by atoms with Crippen molar-refractivity contribution in [1.29, 1.82) is 0 Å². The zero-order valence-electron chi connectivity index (χ0n) is 13.1. The number of nitrogens with zero attached hydrogens (tertiary/aromatic N) is 1. The zero-order valence-corrected chi connectivity index (χ0v) is 13.1. The fraction of sp³-hybridized carbons (Fsp3) is 0.579. The summed E-state index contributed by atoms with van der Waals surface area (Å²) >= 11 is 0. The summed E-state index contributed by atoms with van der Waals surface area (Å²) in [5.74, 6) is 1.66. The maximum Gasteiger partial charge on any atom is 0.130 e. The van der Waals surface area contributed by atoms with Gasteiger partial charge in [-0.25, -0.2) is 0 Å². The minimum atomic E-state index is 0.0614. The van der Waals surface area contributed by atoms with Crippen molar-refractivity contribution in [3.8, 4) is 5.75 Å². The van der Waals surface area contributed by atoms with E-state index in [2.05, 4.69) is 30.7 Å². The van der Waals surface area contributed by atoms with Crippen molar-refractivity contribution in [3.63, 3.8) is 0 Å². The third-order valence-electron chi connectivity index (χ3n) is 6.81. The molecule has 2 fully saturated rings. The Morgan fingerprint density at radius 2 is 2.32 bits per heavy atom. The van der Waals surface area contributed by atoms with Crippen molar-refractivity contribution < 1.29 is 9.84 Å². The lowest BCUT2D eigenvalue weighted by atomic mass is 9.51. The fourth-order valence-corrected chi connectivity index (χ4v) is 5.85. The van der Waals surface area contributed by atoms with Crippen molar-refractivity contribution in [2.24, 2.45) is 5.92 Å². The molecule has 0 radical (unpaired) electrons. The van der Waals surface area contributed by atoms with Gasteiger partial charge >= 0.3 is 0 Å². The molecule has 2 aliphatic heterocycles. The van der Waals surface area contributed by atoms with Gasteiger partial charge in [-0.3, -0.25) is 0 Å². The summed E-state index contributed by atoms with van der Waals surface area (Å²) in [5.41, 5.74) is 5.20. The Kier molecular flexibility index (Phi) is 2.48. The summed E-state index contributed by atoms with van der Waals surface area (Å²) in [5, 5.41) is 9.73. The number of benzene rings is 1. The highest BCUT2D eigenvalue weighted by atomic mass is 16.5. The lowest BCUT2D eigenvalue weighted by molar-refractivity contribution is -0.0214. The van der Waals surface area contributed by atoms with Crippen LogP contribution in [0.4, 0.5) is 0 Å². The van der Waals surface area contributed by atoms with Crippen LogP contribution in [0.2, 0.25) is 0 Å². The molecule has 0 amide bonds. The van der Waals surface area contributed by atoms with Gasteiger partial charge in [-0.15, -0.1) is 0 Å². The zero-order chi connectivity index (χ0) is 15.1. The largest absolute Gasteiger partial charge is 0.484 e. The first-order valence-corrected chi connectivity index (χ1v) is 8.47. The molecule has 2 bridgehead atoms. The Balaban J connectivity index is 1.81. The smallest absolute Gasteiger partial charge is 0.130 e. The van der Waals surface area contributed by atoms with E-state index < -0.39 is 0 Å². The molecule has 3 nitrogen and oxygen atoms in total. The van der Waals surface area contributed by atoms with Crippen LogP contribution < -0.4 is 4.74 Å². The lowest BCUT2D eigenvalue weighted by Crippen LogP contribution is -2.63. The van der Waals surface area contributed by atoms with Gasteiger partial charge in [0.2, 0.25) is 0 Å². The fourth-order valence-electron chi connectivity index (χ4n) is 5.85. The predicted molar refractivity (Wildman–Crippen MR) is 85.1 cm³/mol. The molecule has 4 atom stereocenters. The van der Waals surface area contributed by atoms with Crippen LogP contribution in [0.3, 0.4) is 0 Å². The van der Waals surface area contributed by atoms with Crippen LogP contribution in [0.5, 0.6) is 5.75 Å². The van der Waals surface area contributed by atoms with Crippen molar-refractivity contribution in [3.05, 3.63) is 41.0 Å². The van der Waals surface area contributed by atoms with Gasteiger partial charge in [0.1, 0.15) is 11.9 Å². The first-order valence-electron chi connectivity index (χ1n) is 8.47. The molecule has 3 heteroatoms. The van der Waals surface area contributed by atoms with Gasteiger partial charge in [-0.2, -0.15) is 0 Å². The van der Waals surface area contributed by atoms with Crippen molar-refractivity contribution in [2.75, 3.05) is 13.6 Å². The second-order valence-corrected chi connectivity index (χ2v) is 7.59. The van der Waals surface area contributed by atoms with E-state index in [0.717, 1.165) is 37.1 Å². The van der Waals surface area contributed by atoms with Crippen LogP contribution in [0.25, 0.3) is 0 Å². The lowest BCUT2D eigenvalue weighted by Gasteiger charge is -2.58. The van der Waals surface area contributed by atoms with E-state index in [0.29, 0.717) is 12.0 Å². The molecule has 116 valence electrons. The normalized spacial score (nSPS) is 38.6. The SMILES string of the molecule is C=C1CC[C@H]2C3Cc4ccc(CO)c5c4[C@@]2(CCN3C)C1O5. The first kappa shape index (κ1) is 13.1. The van der Waals surface area contributed by atoms with Gasteiger partial charge < -0.3 is 14.7 Å². The van der Waals surface area contributed by atoms with Crippen molar-refractivity contribution in [1.82, 2.24) is 4.90 Å². The van der Waals surface area contributed by atoms with Crippen LogP contribution in [0, 0.1) is 5.92 Å². The molecule has 1 saturated heterocycles. The van der Waals surface area contributed by atoms with E-state index in [1.54, 1.807) is 0 Å². The Labute approximate surface area is 131 Å². The molecule has 1 saturated carbocycles. The maximum absolute atomic E-state index is 9.73. The standard InChI is InChI=1S/C19H23NO2/c1-11-3-6-14-15-9-12-4-5-13(10-21)17-16(12)19(14,18(11)22-17)7-8-20(15)2/h4-5,14-15,18,21H,1,3,6-10H2,2H3/t14-,15?,18?,19-/m0/s1. The highest BCUT2D eigenvalue weighted by Crippen LogP contribution is 2.63. The van der Waals surface area contributed by atoms with Gasteiger partial charge in [0.15, 0.2) is 0 Å². The number of likely N-dealkylation sites (N-methyl/N-ethyl adjacent to an activating group) is 1. The van der Waals surface area contributed by atoms with Crippen LogP contribution in [-0.2, 0) is 18.4 Å². The van der Waals surface area contributed by atoms with Gasteiger partial charge in [-0.05, 0) is 56.3 Å².